The number of carbonyl (C=O) groups excluding carboxylic acids is 1. The van der Waals surface area contributed by atoms with Crippen molar-refractivity contribution in [1.29, 1.82) is 0 Å². The molecular weight excluding hydrogens is 466 g/mol. The van der Waals surface area contributed by atoms with E-state index >= 15 is 0 Å². The highest BCUT2D eigenvalue weighted by atomic mass is 32.1. The summed E-state index contributed by atoms with van der Waals surface area (Å²) in [5.74, 6) is 1.59. The van der Waals surface area contributed by atoms with E-state index in [1.807, 2.05) is 40.7 Å². The number of rotatable bonds is 9. The third kappa shape index (κ3) is 6.41. The van der Waals surface area contributed by atoms with Crippen LogP contribution >= 0.6 is 11.3 Å². The van der Waals surface area contributed by atoms with Gasteiger partial charge in [-0.1, -0.05) is 11.3 Å². The molecule has 1 fully saturated rings. The Bertz CT molecular complexity index is 1130. The fourth-order valence-corrected chi connectivity index (χ4v) is 4.69. The SMILES string of the molecule is COc1ccc(-c2nc3sc(N(C)CC(=O)NCCN4CCOCC4)nn3c2NC(C)(C)C)cc1. The lowest BCUT2D eigenvalue weighted by atomic mass is 10.1. The Morgan fingerprint density at radius 3 is 2.60 bits per heavy atom. The molecule has 0 spiro atoms. The quantitative estimate of drug-likeness (QED) is 0.462. The number of imidazole rings is 1. The molecule has 1 aromatic carbocycles. The Hall–Kier alpha value is -2.89. The van der Waals surface area contributed by atoms with Crippen LogP contribution in [0.25, 0.3) is 16.2 Å². The smallest absolute Gasteiger partial charge is 0.239 e. The van der Waals surface area contributed by atoms with Gasteiger partial charge in [0.1, 0.15) is 11.4 Å². The van der Waals surface area contributed by atoms with Crippen molar-refractivity contribution in [2.75, 3.05) is 70.3 Å². The molecule has 0 atom stereocenters. The van der Waals surface area contributed by atoms with Gasteiger partial charge in [0.15, 0.2) is 5.82 Å². The molecule has 0 unspecified atom stereocenters. The zero-order valence-corrected chi connectivity index (χ0v) is 21.9. The highest BCUT2D eigenvalue weighted by Crippen LogP contribution is 2.35. The van der Waals surface area contributed by atoms with Crippen molar-refractivity contribution in [3.05, 3.63) is 24.3 Å². The molecule has 0 bridgehead atoms. The van der Waals surface area contributed by atoms with Crippen molar-refractivity contribution < 1.29 is 14.3 Å². The van der Waals surface area contributed by atoms with Crippen molar-refractivity contribution in [2.45, 2.75) is 26.3 Å². The summed E-state index contributed by atoms with van der Waals surface area (Å²) >= 11 is 1.46. The standard InChI is InChI=1S/C24H35N7O3S/c1-24(2,3)27-21-20(17-6-8-18(33-5)9-7-17)26-22-31(21)28-23(35-22)29(4)16-19(32)25-10-11-30-12-14-34-15-13-30/h6-9,27H,10-16H2,1-5H3,(H,25,32). The number of carbonyl (C=O) groups is 1. The van der Waals surface area contributed by atoms with Crippen LogP contribution in [0.5, 0.6) is 5.75 Å². The first-order valence-electron chi connectivity index (χ1n) is 11.8. The van der Waals surface area contributed by atoms with Crippen molar-refractivity contribution in [3.8, 4) is 17.0 Å². The van der Waals surface area contributed by atoms with E-state index in [9.17, 15) is 4.79 Å². The summed E-state index contributed by atoms with van der Waals surface area (Å²) in [5.41, 5.74) is 1.62. The van der Waals surface area contributed by atoms with E-state index in [2.05, 4.69) is 36.3 Å². The van der Waals surface area contributed by atoms with Gasteiger partial charge < -0.3 is 25.0 Å². The molecule has 3 heterocycles. The molecule has 11 heteroatoms. The summed E-state index contributed by atoms with van der Waals surface area (Å²) in [5, 5.41) is 12.1. The summed E-state index contributed by atoms with van der Waals surface area (Å²) in [4.78, 5) is 22.3. The van der Waals surface area contributed by atoms with E-state index in [1.165, 1.54) is 11.3 Å². The van der Waals surface area contributed by atoms with Gasteiger partial charge in [0.25, 0.3) is 0 Å². The van der Waals surface area contributed by atoms with E-state index in [-0.39, 0.29) is 18.0 Å². The molecule has 2 N–H and O–H groups in total. The molecule has 4 rings (SSSR count). The number of fused-ring (bicyclic) bond motifs is 1. The molecule has 1 saturated heterocycles. The number of nitrogens with zero attached hydrogens (tertiary/aromatic N) is 5. The zero-order valence-electron chi connectivity index (χ0n) is 21.1. The summed E-state index contributed by atoms with van der Waals surface area (Å²) < 4.78 is 12.5. The predicted molar refractivity (Wildman–Crippen MR) is 140 cm³/mol. The topological polar surface area (TPSA) is 96.3 Å². The first kappa shape index (κ1) is 25.2. The van der Waals surface area contributed by atoms with Gasteiger partial charge in [0.05, 0.1) is 26.9 Å². The number of amides is 1. The van der Waals surface area contributed by atoms with Crippen LogP contribution in [-0.2, 0) is 9.53 Å². The van der Waals surface area contributed by atoms with Crippen molar-refractivity contribution in [3.63, 3.8) is 0 Å². The zero-order chi connectivity index (χ0) is 25.0. The van der Waals surface area contributed by atoms with Crippen molar-refractivity contribution in [1.82, 2.24) is 24.8 Å². The summed E-state index contributed by atoms with van der Waals surface area (Å²) in [6, 6.07) is 7.84. The van der Waals surface area contributed by atoms with Gasteiger partial charge in [-0.3, -0.25) is 9.69 Å². The third-order valence-corrected chi connectivity index (χ3v) is 6.63. The van der Waals surface area contributed by atoms with E-state index in [0.717, 1.165) is 65.8 Å². The minimum atomic E-state index is -0.187. The molecule has 1 amide bonds. The highest BCUT2D eigenvalue weighted by molar-refractivity contribution is 7.20. The maximum Gasteiger partial charge on any atom is 0.239 e. The van der Waals surface area contributed by atoms with Gasteiger partial charge in [-0.05, 0) is 45.0 Å². The molecule has 0 radical (unpaired) electrons. The van der Waals surface area contributed by atoms with Crippen LogP contribution in [0.2, 0.25) is 0 Å². The lowest BCUT2D eigenvalue weighted by Crippen LogP contribution is -2.43. The molecule has 1 aliphatic heterocycles. The molecule has 0 saturated carbocycles. The Morgan fingerprint density at radius 2 is 1.94 bits per heavy atom. The normalized spacial score (nSPS) is 14.8. The molecule has 0 aliphatic carbocycles. The summed E-state index contributed by atoms with van der Waals surface area (Å²) in [6.07, 6.45) is 0. The minimum Gasteiger partial charge on any atom is -0.497 e. The second-order valence-corrected chi connectivity index (χ2v) is 10.6. The average molecular weight is 502 g/mol. The van der Waals surface area contributed by atoms with Gasteiger partial charge >= 0.3 is 0 Å². The summed E-state index contributed by atoms with van der Waals surface area (Å²) in [7, 11) is 3.53. The van der Waals surface area contributed by atoms with Crippen LogP contribution in [0.4, 0.5) is 10.9 Å². The maximum atomic E-state index is 12.5. The van der Waals surface area contributed by atoms with Gasteiger partial charge in [0, 0.05) is 44.3 Å². The fourth-order valence-electron chi connectivity index (χ4n) is 3.83. The third-order valence-electron chi connectivity index (χ3n) is 5.61. The number of methoxy groups -OCH3 is 1. The van der Waals surface area contributed by atoms with Crippen LogP contribution in [0.15, 0.2) is 24.3 Å². The molecule has 1 aliphatic rings. The van der Waals surface area contributed by atoms with Crippen molar-refractivity contribution >= 4 is 33.2 Å². The predicted octanol–water partition coefficient (Wildman–Crippen LogP) is 2.56. The summed E-state index contributed by atoms with van der Waals surface area (Å²) in [6.45, 7) is 11.3. The molecule has 10 nitrogen and oxygen atoms in total. The Morgan fingerprint density at radius 1 is 1.23 bits per heavy atom. The fraction of sp³-hybridized carbons (Fsp3) is 0.542. The molecule has 35 heavy (non-hydrogen) atoms. The first-order chi connectivity index (χ1) is 16.7. The molecule has 190 valence electrons. The van der Waals surface area contributed by atoms with Gasteiger partial charge in [0.2, 0.25) is 16.0 Å². The molecular formula is C24H35N7O3S. The number of ether oxygens (including phenoxy) is 2. The van der Waals surface area contributed by atoms with Crippen LogP contribution in [0.1, 0.15) is 20.8 Å². The van der Waals surface area contributed by atoms with E-state index in [4.69, 9.17) is 19.6 Å². The number of aromatic nitrogens is 3. The largest absolute Gasteiger partial charge is 0.497 e. The number of anilines is 2. The van der Waals surface area contributed by atoms with Gasteiger partial charge in [-0.2, -0.15) is 4.52 Å². The van der Waals surface area contributed by atoms with Gasteiger partial charge in [-0.25, -0.2) is 4.98 Å². The number of benzene rings is 1. The minimum absolute atomic E-state index is 0.0273. The second kappa shape index (κ2) is 10.8. The van der Waals surface area contributed by atoms with Crippen LogP contribution in [0, 0.1) is 0 Å². The maximum absolute atomic E-state index is 12.5. The Balaban J connectivity index is 1.47. The van der Waals surface area contributed by atoms with Crippen LogP contribution < -0.4 is 20.3 Å². The molecule has 2 aromatic heterocycles. The Kier molecular flexibility index (Phi) is 7.78. The second-order valence-electron chi connectivity index (χ2n) is 9.65. The van der Waals surface area contributed by atoms with Crippen LogP contribution in [0.3, 0.4) is 0 Å². The number of nitrogens with one attached hydrogen (secondary N) is 2. The number of hydrogen-bond donors (Lipinski definition) is 2. The number of hydrogen-bond acceptors (Lipinski definition) is 9. The average Bonchev–Trinajstić information content (AvgIpc) is 3.38. The highest BCUT2D eigenvalue weighted by Gasteiger charge is 2.23. The molecule has 3 aromatic rings. The van der Waals surface area contributed by atoms with E-state index < -0.39 is 0 Å². The lowest BCUT2D eigenvalue weighted by molar-refractivity contribution is -0.119. The lowest BCUT2D eigenvalue weighted by Gasteiger charge is -2.26. The van der Waals surface area contributed by atoms with Crippen LogP contribution in [-0.4, -0.2) is 91.0 Å². The first-order valence-corrected chi connectivity index (χ1v) is 12.7. The van der Waals surface area contributed by atoms with E-state index in [1.54, 1.807) is 7.11 Å². The monoisotopic (exact) mass is 501 g/mol. The van der Waals surface area contributed by atoms with Gasteiger partial charge in [-0.15, -0.1) is 5.10 Å². The van der Waals surface area contributed by atoms with E-state index in [0.29, 0.717) is 6.54 Å². The number of morpholine rings is 1. The van der Waals surface area contributed by atoms with Crippen molar-refractivity contribution in [2.24, 2.45) is 0 Å². The number of likely N-dealkylation sites (N-methyl/N-ethyl adjacent to an activating group) is 1. The Labute approximate surface area is 210 Å².